The minimum atomic E-state index is -0.345. The van der Waals surface area contributed by atoms with E-state index in [2.05, 4.69) is 50.4 Å². The van der Waals surface area contributed by atoms with Crippen LogP contribution in [0.3, 0.4) is 0 Å². The first-order chi connectivity index (χ1) is 13.0. The van der Waals surface area contributed by atoms with Crippen molar-refractivity contribution in [3.05, 3.63) is 65.2 Å². The molecule has 2 aromatic carbocycles. The van der Waals surface area contributed by atoms with Gasteiger partial charge in [-0.3, -0.25) is 9.69 Å². The zero-order valence-corrected chi connectivity index (χ0v) is 16.1. The quantitative estimate of drug-likeness (QED) is 0.828. The molecule has 2 amide bonds. The van der Waals surface area contributed by atoms with Crippen molar-refractivity contribution in [1.82, 2.24) is 5.32 Å². The van der Waals surface area contributed by atoms with Crippen LogP contribution in [-0.4, -0.2) is 25.2 Å². The maximum Gasteiger partial charge on any atom is 0.414 e. The summed E-state index contributed by atoms with van der Waals surface area (Å²) in [6.45, 7) is 7.26. The molecule has 1 saturated heterocycles. The number of carbonyl (C=O) groups is 2. The van der Waals surface area contributed by atoms with E-state index in [0.717, 1.165) is 17.7 Å². The highest BCUT2D eigenvalue weighted by Crippen LogP contribution is 2.24. The van der Waals surface area contributed by atoms with E-state index in [0.29, 0.717) is 18.7 Å². The number of aryl methyl sites for hydroxylation is 1. The Hall–Kier alpha value is -2.82. The number of ether oxygens (including phenoxy) is 1. The number of amides is 2. The standard InChI is InChI=1S/C22H26N2O3/c1-4-16-5-7-17(8-6-16)20(15(2)3)23-21(25)18-9-11-19(12-10-18)24-13-14-27-22(24)26/h5-12,15,20H,4,13-14H2,1-3H3,(H,23,25). The van der Waals surface area contributed by atoms with E-state index in [1.165, 1.54) is 5.56 Å². The van der Waals surface area contributed by atoms with Gasteiger partial charge in [-0.1, -0.05) is 45.0 Å². The first kappa shape index (κ1) is 19.0. The molecule has 1 atom stereocenters. The molecule has 1 fully saturated rings. The number of cyclic esters (lactones) is 1. The Kier molecular flexibility index (Phi) is 5.79. The third-order valence-electron chi connectivity index (χ3n) is 4.90. The van der Waals surface area contributed by atoms with Crippen LogP contribution in [0.2, 0.25) is 0 Å². The molecule has 2 aromatic rings. The number of anilines is 1. The highest BCUT2D eigenvalue weighted by molar-refractivity contribution is 5.96. The molecule has 1 aliphatic heterocycles. The van der Waals surface area contributed by atoms with E-state index < -0.39 is 0 Å². The molecule has 0 saturated carbocycles. The van der Waals surface area contributed by atoms with Gasteiger partial charge in [-0.05, 0) is 47.7 Å². The van der Waals surface area contributed by atoms with Crippen LogP contribution in [0.5, 0.6) is 0 Å². The minimum absolute atomic E-state index is 0.0587. The lowest BCUT2D eigenvalue weighted by Gasteiger charge is -2.23. The first-order valence-electron chi connectivity index (χ1n) is 9.43. The van der Waals surface area contributed by atoms with Crippen molar-refractivity contribution in [3.8, 4) is 0 Å². The SMILES string of the molecule is CCc1ccc(C(NC(=O)c2ccc(N3CCOC3=O)cc2)C(C)C)cc1. The highest BCUT2D eigenvalue weighted by Gasteiger charge is 2.24. The molecule has 0 spiro atoms. The molecule has 1 aliphatic rings. The predicted octanol–water partition coefficient (Wildman–Crippen LogP) is 4.33. The second-order valence-electron chi connectivity index (χ2n) is 7.10. The predicted molar refractivity (Wildman–Crippen MR) is 106 cm³/mol. The molecule has 27 heavy (non-hydrogen) atoms. The van der Waals surface area contributed by atoms with Crippen LogP contribution in [-0.2, 0) is 11.2 Å². The van der Waals surface area contributed by atoms with Gasteiger partial charge in [-0.2, -0.15) is 0 Å². The van der Waals surface area contributed by atoms with Gasteiger partial charge in [0, 0.05) is 11.3 Å². The average molecular weight is 366 g/mol. The number of carbonyl (C=O) groups excluding carboxylic acids is 2. The number of nitrogens with zero attached hydrogens (tertiary/aromatic N) is 1. The third kappa shape index (κ3) is 4.30. The van der Waals surface area contributed by atoms with E-state index in [1.54, 1.807) is 29.2 Å². The molecule has 142 valence electrons. The Morgan fingerprint density at radius 3 is 2.30 bits per heavy atom. The summed E-state index contributed by atoms with van der Waals surface area (Å²) in [7, 11) is 0. The van der Waals surface area contributed by atoms with E-state index in [-0.39, 0.29) is 24.0 Å². The van der Waals surface area contributed by atoms with Gasteiger partial charge in [-0.15, -0.1) is 0 Å². The van der Waals surface area contributed by atoms with E-state index in [4.69, 9.17) is 4.74 Å². The van der Waals surface area contributed by atoms with Crippen molar-refractivity contribution in [3.63, 3.8) is 0 Å². The summed E-state index contributed by atoms with van der Waals surface area (Å²) in [5.41, 5.74) is 3.70. The molecule has 0 radical (unpaired) electrons. The maximum atomic E-state index is 12.7. The summed E-state index contributed by atoms with van der Waals surface area (Å²) in [6.07, 6.45) is 0.651. The highest BCUT2D eigenvalue weighted by atomic mass is 16.6. The fourth-order valence-electron chi connectivity index (χ4n) is 3.24. The number of hydrogen-bond acceptors (Lipinski definition) is 3. The van der Waals surface area contributed by atoms with E-state index in [1.807, 2.05) is 0 Å². The summed E-state index contributed by atoms with van der Waals surface area (Å²) >= 11 is 0. The van der Waals surface area contributed by atoms with Crippen molar-refractivity contribution in [2.24, 2.45) is 5.92 Å². The second kappa shape index (κ2) is 8.25. The van der Waals surface area contributed by atoms with Crippen LogP contribution in [0.4, 0.5) is 10.5 Å². The molecule has 1 heterocycles. The molecule has 5 nitrogen and oxygen atoms in total. The van der Waals surface area contributed by atoms with Crippen LogP contribution >= 0.6 is 0 Å². The van der Waals surface area contributed by atoms with Crippen molar-refractivity contribution in [2.75, 3.05) is 18.1 Å². The minimum Gasteiger partial charge on any atom is -0.447 e. The Morgan fingerprint density at radius 1 is 1.11 bits per heavy atom. The summed E-state index contributed by atoms with van der Waals surface area (Å²) in [6, 6.07) is 15.4. The van der Waals surface area contributed by atoms with Crippen LogP contribution < -0.4 is 10.2 Å². The molecule has 0 bridgehead atoms. The zero-order chi connectivity index (χ0) is 19.4. The Bertz CT molecular complexity index is 797. The van der Waals surface area contributed by atoms with Crippen LogP contribution in [0.15, 0.2) is 48.5 Å². The number of benzene rings is 2. The number of nitrogens with one attached hydrogen (secondary N) is 1. The van der Waals surface area contributed by atoms with Crippen molar-refractivity contribution in [2.45, 2.75) is 33.2 Å². The Morgan fingerprint density at radius 2 is 1.78 bits per heavy atom. The number of hydrogen-bond donors (Lipinski definition) is 1. The normalized spacial score (nSPS) is 15.0. The molecule has 0 aliphatic carbocycles. The molecule has 1 unspecified atom stereocenters. The lowest BCUT2D eigenvalue weighted by molar-refractivity contribution is 0.0925. The molecule has 5 heteroatoms. The van der Waals surface area contributed by atoms with Crippen LogP contribution in [0.25, 0.3) is 0 Å². The van der Waals surface area contributed by atoms with Gasteiger partial charge in [-0.25, -0.2) is 4.79 Å². The van der Waals surface area contributed by atoms with Gasteiger partial charge in [0.2, 0.25) is 0 Å². The Balaban J connectivity index is 1.72. The van der Waals surface area contributed by atoms with Gasteiger partial charge in [0.05, 0.1) is 12.6 Å². The van der Waals surface area contributed by atoms with Gasteiger partial charge in [0.15, 0.2) is 0 Å². The summed E-state index contributed by atoms with van der Waals surface area (Å²) < 4.78 is 4.95. The maximum absolute atomic E-state index is 12.7. The molecule has 1 N–H and O–H groups in total. The van der Waals surface area contributed by atoms with Gasteiger partial charge in [0.25, 0.3) is 5.91 Å². The topological polar surface area (TPSA) is 58.6 Å². The Labute approximate surface area is 160 Å². The van der Waals surface area contributed by atoms with Crippen molar-refractivity contribution >= 4 is 17.7 Å². The average Bonchev–Trinajstić information content (AvgIpc) is 3.12. The molecule has 0 aromatic heterocycles. The fourth-order valence-corrected chi connectivity index (χ4v) is 3.24. The van der Waals surface area contributed by atoms with Gasteiger partial charge in [0.1, 0.15) is 6.61 Å². The molecule has 3 rings (SSSR count). The lowest BCUT2D eigenvalue weighted by atomic mass is 9.94. The van der Waals surface area contributed by atoms with Crippen molar-refractivity contribution < 1.29 is 14.3 Å². The smallest absolute Gasteiger partial charge is 0.414 e. The largest absolute Gasteiger partial charge is 0.447 e. The zero-order valence-electron chi connectivity index (χ0n) is 16.1. The summed E-state index contributed by atoms with van der Waals surface area (Å²) in [5, 5.41) is 3.14. The van der Waals surface area contributed by atoms with Gasteiger partial charge < -0.3 is 10.1 Å². The lowest BCUT2D eigenvalue weighted by Crippen LogP contribution is -2.31. The summed E-state index contributed by atoms with van der Waals surface area (Å²) in [5.74, 6) is 0.142. The molecular weight excluding hydrogens is 340 g/mol. The monoisotopic (exact) mass is 366 g/mol. The second-order valence-corrected chi connectivity index (χ2v) is 7.10. The van der Waals surface area contributed by atoms with Crippen LogP contribution in [0, 0.1) is 5.92 Å². The number of rotatable bonds is 6. The van der Waals surface area contributed by atoms with E-state index in [9.17, 15) is 9.59 Å². The van der Waals surface area contributed by atoms with Crippen molar-refractivity contribution in [1.29, 1.82) is 0 Å². The molecular formula is C22H26N2O3. The summed E-state index contributed by atoms with van der Waals surface area (Å²) in [4.78, 5) is 25.9. The third-order valence-corrected chi connectivity index (χ3v) is 4.90. The fraction of sp³-hybridized carbons (Fsp3) is 0.364. The van der Waals surface area contributed by atoms with Crippen LogP contribution in [0.1, 0.15) is 48.3 Å². The first-order valence-corrected chi connectivity index (χ1v) is 9.43. The van der Waals surface area contributed by atoms with Gasteiger partial charge >= 0.3 is 6.09 Å². The van der Waals surface area contributed by atoms with E-state index >= 15 is 0 Å².